The molecule has 0 aliphatic carbocycles. The van der Waals surface area contributed by atoms with Gasteiger partial charge in [0.25, 0.3) is 0 Å². The Morgan fingerprint density at radius 3 is 2.61 bits per heavy atom. The molecule has 2 aromatic rings. The summed E-state index contributed by atoms with van der Waals surface area (Å²) in [4.78, 5) is 16.5. The first-order valence-corrected chi connectivity index (χ1v) is 5.79. The second kappa shape index (κ2) is 5.48. The summed E-state index contributed by atoms with van der Waals surface area (Å²) in [5, 5.41) is 0.432. The third-order valence-electron chi connectivity index (χ3n) is 2.41. The number of nitrogens with zero attached hydrogens (tertiary/aromatic N) is 1. The maximum Gasteiger partial charge on any atom is 0.197 e. The van der Waals surface area contributed by atoms with Crippen LogP contribution in [0.15, 0.2) is 42.6 Å². The van der Waals surface area contributed by atoms with Gasteiger partial charge in [-0.3, -0.25) is 4.79 Å². The Morgan fingerprint density at radius 2 is 1.89 bits per heavy atom. The maximum atomic E-state index is 12.4. The Hall–Kier alpha value is -2.11. The molecule has 2 nitrogen and oxygen atoms in total. The van der Waals surface area contributed by atoms with Gasteiger partial charge in [0.1, 0.15) is 5.69 Å². The number of rotatable bonds is 2. The van der Waals surface area contributed by atoms with Crippen molar-refractivity contribution < 1.29 is 4.79 Å². The molecule has 0 atom stereocenters. The normalized spacial score (nSPS) is 9.44. The molecular formula is C15H10ClNO. The maximum absolute atomic E-state index is 12.4. The van der Waals surface area contributed by atoms with Crippen molar-refractivity contribution in [3.05, 3.63) is 64.4 Å². The van der Waals surface area contributed by atoms with Gasteiger partial charge in [0, 0.05) is 11.8 Å². The zero-order valence-electron chi connectivity index (χ0n) is 9.77. The van der Waals surface area contributed by atoms with E-state index in [0.29, 0.717) is 21.8 Å². The summed E-state index contributed by atoms with van der Waals surface area (Å²) in [6.07, 6.45) is 1.61. The molecule has 0 fully saturated rings. The fraction of sp³-hybridized carbons (Fsp3) is 0.0667. The first-order chi connectivity index (χ1) is 8.74. The largest absolute Gasteiger partial charge is 0.288 e. The van der Waals surface area contributed by atoms with E-state index in [4.69, 9.17) is 11.6 Å². The van der Waals surface area contributed by atoms with Gasteiger partial charge in [-0.1, -0.05) is 29.7 Å². The molecule has 0 radical (unpaired) electrons. The highest BCUT2D eigenvalue weighted by Crippen LogP contribution is 2.20. The van der Waals surface area contributed by atoms with E-state index < -0.39 is 0 Å². The van der Waals surface area contributed by atoms with E-state index in [9.17, 15) is 4.79 Å². The van der Waals surface area contributed by atoms with Gasteiger partial charge < -0.3 is 0 Å². The summed E-state index contributed by atoms with van der Waals surface area (Å²) in [6.45, 7) is 1.71. The lowest BCUT2D eigenvalue weighted by Crippen LogP contribution is -2.05. The van der Waals surface area contributed by atoms with Gasteiger partial charge in [0.15, 0.2) is 5.78 Å². The minimum Gasteiger partial charge on any atom is -0.288 e. The van der Waals surface area contributed by atoms with E-state index >= 15 is 0 Å². The lowest BCUT2D eigenvalue weighted by atomic mass is 10.0. The predicted molar refractivity (Wildman–Crippen MR) is 71.7 cm³/mol. The summed E-state index contributed by atoms with van der Waals surface area (Å²) in [6, 6.07) is 10.4. The van der Waals surface area contributed by atoms with E-state index in [0.717, 1.165) is 0 Å². The SMILES string of the molecule is CC#Cc1ncccc1C(=O)c1ccccc1Cl. The Bertz CT molecular complexity index is 653. The number of hydrogen-bond acceptors (Lipinski definition) is 2. The smallest absolute Gasteiger partial charge is 0.197 e. The molecule has 0 unspecified atom stereocenters. The molecule has 88 valence electrons. The lowest BCUT2D eigenvalue weighted by Gasteiger charge is -2.04. The average Bonchev–Trinajstić information content (AvgIpc) is 2.40. The van der Waals surface area contributed by atoms with Crippen LogP contribution in [0.2, 0.25) is 5.02 Å². The van der Waals surface area contributed by atoms with Crippen LogP contribution in [0.1, 0.15) is 28.5 Å². The summed E-state index contributed by atoms with van der Waals surface area (Å²) in [5.41, 5.74) is 1.41. The average molecular weight is 256 g/mol. The number of benzene rings is 1. The van der Waals surface area contributed by atoms with Gasteiger partial charge in [-0.25, -0.2) is 4.98 Å². The van der Waals surface area contributed by atoms with Crippen molar-refractivity contribution in [2.75, 3.05) is 0 Å². The van der Waals surface area contributed by atoms with Crippen molar-refractivity contribution in [2.24, 2.45) is 0 Å². The lowest BCUT2D eigenvalue weighted by molar-refractivity contribution is 0.103. The van der Waals surface area contributed by atoms with Gasteiger partial charge >= 0.3 is 0 Å². The van der Waals surface area contributed by atoms with Crippen molar-refractivity contribution >= 4 is 17.4 Å². The Kier molecular flexibility index (Phi) is 3.76. The van der Waals surface area contributed by atoms with E-state index in [1.165, 1.54) is 0 Å². The molecular weight excluding hydrogens is 246 g/mol. The number of carbonyl (C=O) groups is 1. The first kappa shape index (κ1) is 12.3. The van der Waals surface area contributed by atoms with Gasteiger partial charge in [0.2, 0.25) is 0 Å². The van der Waals surface area contributed by atoms with E-state index in [1.807, 2.05) is 0 Å². The second-order valence-corrected chi connectivity index (χ2v) is 3.99. The molecule has 0 amide bonds. The van der Waals surface area contributed by atoms with Crippen LogP contribution in [0.4, 0.5) is 0 Å². The molecule has 0 N–H and O–H groups in total. The summed E-state index contributed by atoms with van der Waals surface area (Å²) in [7, 11) is 0. The van der Waals surface area contributed by atoms with Crippen molar-refractivity contribution in [1.29, 1.82) is 0 Å². The highest BCUT2D eigenvalue weighted by Gasteiger charge is 2.15. The van der Waals surface area contributed by atoms with Crippen molar-refractivity contribution in [1.82, 2.24) is 4.98 Å². The number of aromatic nitrogens is 1. The van der Waals surface area contributed by atoms with Gasteiger partial charge in [0.05, 0.1) is 10.6 Å². The topological polar surface area (TPSA) is 30.0 Å². The monoisotopic (exact) mass is 255 g/mol. The molecule has 0 saturated carbocycles. The van der Waals surface area contributed by atoms with Gasteiger partial charge in [-0.2, -0.15) is 0 Å². The minimum absolute atomic E-state index is 0.161. The molecule has 1 heterocycles. The second-order valence-electron chi connectivity index (χ2n) is 3.58. The summed E-state index contributed by atoms with van der Waals surface area (Å²) < 4.78 is 0. The predicted octanol–water partition coefficient (Wildman–Crippen LogP) is 3.34. The molecule has 0 bridgehead atoms. The zero-order valence-corrected chi connectivity index (χ0v) is 10.5. The Balaban J connectivity index is 2.52. The Labute approximate surface area is 111 Å². The van der Waals surface area contributed by atoms with Crippen molar-refractivity contribution in [2.45, 2.75) is 6.92 Å². The molecule has 0 spiro atoms. The van der Waals surface area contributed by atoms with E-state index in [-0.39, 0.29) is 5.78 Å². The number of carbonyl (C=O) groups excluding carboxylic acids is 1. The van der Waals surface area contributed by atoms with Crippen LogP contribution >= 0.6 is 11.6 Å². The molecule has 0 aliphatic heterocycles. The molecule has 2 rings (SSSR count). The fourth-order valence-electron chi connectivity index (χ4n) is 1.60. The van der Waals surface area contributed by atoms with Crippen LogP contribution < -0.4 is 0 Å². The molecule has 1 aromatic heterocycles. The number of hydrogen-bond donors (Lipinski definition) is 0. The first-order valence-electron chi connectivity index (χ1n) is 5.41. The van der Waals surface area contributed by atoms with E-state index in [1.54, 1.807) is 49.5 Å². The number of pyridine rings is 1. The molecule has 18 heavy (non-hydrogen) atoms. The standard InChI is InChI=1S/C15H10ClNO/c1-2-6-14-12(8-5-10-17-14)15(18)11-7-3-4-9-13(11)16/h3-5,7-10H,1H3. The van der Waals surface area contributed by atoms with Crippen LogP contribution in [-0.4, -0.2) is 10.8 Å². The van der Waals surface area contributed by atoms with Crippen molar-refractivity contribution in [3.63, 3.8) is 0 Å². The fourth-order valence-corrected chi connectivity index (χ4v) is 1.82. The van der Waals surface area contributed by atoms with Gasteiger partial charge in [-0.15, -0.1) is 0 Å². The number of halogens is 1. The summed E-state index contributed by atoms with van der Waals surface area (Å²) in [5.74, 6) is 5.41. The van der Waals surface area contributed by atoms with Crippen LogP contribution in [0, 0.1) is 11.8 Å². The van der Waals surface area contributed by atoms with Crippen molar-refractivity contribution in [3.8, 4) is 11.8 Å². The third-order valence-corrected chi connectivity index (χ3v) is 2.74. The molecule has 0 saturated heterocycles. The van der Waals surface area contributed by atoms with Crippen LogP contribution in [-0.2, 0) is 0 Å². The highest BCUT2D eigenvalue weighted by atomic mass is 35.5. The zero-order chi connectivity index (χ0) is 13.0. The quantitative estimate of drug-likeness (QED) is 0.609. The summed E-state index contributed by atoms with van der Waals surface area (Å²) >= 11 is 6.02. The Morgan fingerprint density at radius 1 is 1.17 bits per heavy atom. The highest BCUT2D eigenvalue weighted by molar-refractivity contribution is 6.35. The van der Waals surface area contributed by atoms with Crippen LogP contribution in [0.3, 0.4) is 0 Å². The molecule has 1 aromatic carbocycles. The number of ketones is 1. The van der Waals surface area contributed by atoms with E-state index in [2.05, 4.69) is 16.8 Å². The third kappa shape index (κ3) is 2.42. The molecule has 0 aliphatic rings. The van der Waals surface area contributed by atoms with Gasteiger partial charge in [-0.05, 0) is 37.1 Å². The van der Waals surface area contributed by atoms with Crippen LogP contribution in [0.5, 0.6) is 0 Å². The minimum atomic E-state index is -0.161. The molecule has 3 heteroatoms. The van der Waals surface area contributed by atoms with Crippen LogP contribution in [0.25, 0.3) is 0 Å².